The first-order chi connectivity index (χ1) is 9.63. The van der Waals surface area contributed by atoms with Gasteiger partial charge in [0.05, 0.1) is 6.04 Å². The molecule has 0 spiro atoms. The standard InChI is InChI=1S/C17H20ClNS/c1-11-9-14(18)7-8-15(11)19-12(2)17-10-13-5-3-4-6-16(13)20-17/h7-10,12,19H,3-6H2,1-2H3. The SMILES string of the molecule is Cc1cc(Cl)ccc1NC(C)c1cc2c(s1)CCCC2. The Bertz CT molecular complexity index is 594. The summed E-state index contributed by atoms with van der Waals surface area (Å²) >= 11 is 8.00. The predicted octanol–water partition coefficient (Wildman–Crippen LogP) is 5.76. The second-order valence-electron chi connectivity index (χ2n) is 5.63. The van der Waals surface area contributed by atoms with E-state index in [1.54, 1.807) is 10.4 Å². The van der Waals surface area contributed by atoms with Crippen molar-refractivity contribution in [1.82, 2.24) is 0 Å². The van der Waals surface area contributed by atoms with E-state index in [4.69, 9.17) is 11.6 Å². The van der Waals surface area contributed by atoms with Crippen LogP contribution in [0.5, 0.6) is 0 Å². The Morgan fingerprint density at radius 2 is 2.00 bits per heavy atom. The molecule has 0 aliphatic heterocycles. The van der Waals surface area contributed by atoms with Gasteiger partial charge in [0.2, 0.25) is 0 Å². The molecule has 0 saturated heterocycles. The summed E-state index contributed by atoms with van der Waals surface area (Å²) in [5.74, 6) is 0. The summed E-state index contributed by atoms with van der Waals surface area (Å²) in [4.78, 5) is 3.05. The summed E-state index contributed by atoms with van der Waals surface area (Å²) in [5.41, 5.74) is 3.96. The van der Waals surface area contributed by atoms with Crippen molar-refractivity contribution in [3.05, 3.63) is 50.2 Å². The minimum Gasteiger partial charge on any atom is -0.377 e. The maximum absolute atomic E-state index is 6.01. The largest absolute Gasteiger partial charge is 0.377 e. The normalized spacial score (nSPS) is 15.8. The van der Waals surface area contributed by atoms with Crippen molar-refractivity contribution in [2.45, 2.75) is 45.6 Å². The van der Waals surface area contributed by atoms with Gasteiger partial charge in [-0.1, -0.05) is 11.6 Å². The number of aryl methyl sites for hydroxylation is 3. The highest BCUT2D eigenvalue weighted by Crippen LogP contribution is 2.34. The lowest BCUT2D eigenvalue weighted by molar-refractivity contribution is 0.696. The van der Waals surface area contributed by atoms with Crippen molar-refractivity contribution in [2.75, 3.05) is 5.32 Å². The number of thiophene rings is 1. The third-order valence-electron chi connectivity index (χ3n) is 4.00. The zero-order valence-corrected chi connectivity index (χ0v) is 13.6. The fourth-order valence-corrected chi connectivity index (χ4v) is 4.31. The van der Waals surface area contributed by atoms with Crippen molar-refractivity contribution in [1.29, 1.82) is 0 Å². The third-order valence-corrected chi connectivity index (χ3v) is 5.66. The van der Waals surface area contributed by atoms with E-state index >= 15 is 0 Å². The summed E-state index contributed by atoms with van der Waals surface area (Å²) < 4.78 is 0. The van der Waals surface area contributed by atoms with E-state index < -0.39 is 0 Å². The van der Waals surface area contributed by atoms with Gasteiger partial charge in [-0.15, -0.1) is 11.3 Å². The molecule has 1 aliphatic rings. The molecular formula is C17H20ClNS. The molecular weight excluding hydrogens is 286 g/mol. The Kier molecular flexibility index (Phi) is 4.04. The van der Waals surface area contributed by atoms with Crippen LogP contribution in [0, 0.1) is 6.92 Å². The Labute approximate surface area is 130 Å². The molecule has 1 aromatic carbocycles. The van der Waals surface area contributed by atoms with Gasteiger partial charge in [0, 0.05) is 20.5 Å². The van der Waals surface area contributed by atoms with Crippen molar-refractivity contribution < 1.29 is 0 Å². The van der Waals surface area contributed by atoms with Crippen molar-refractivity contribution >= 4 is 28.6 Å². The maximum atomic E-state index is 6.01. The fraction of sp³-hybridized carbons (Fsp3) is 0.412. The van der Waals surface area contributed by atoms with Crippen LogP contribution >= 0.6 is 22.9 Å². The van der Waals surface area contributed by atoms with Crippen LogP contribution < -0.4 is 5.32 Å². The predicted molar refractivity (Wildman–Crippen MR) is 89.2 cm³/mol. The zero-order valence-electron chi connectivity index (χ0n) is 12.0. The van der Waals surface area contributed by atoms with Crippen LogP contribution in [0.4, 0.5) is 5.69 Å². The molecule has 1 aromatic heterocycles. The highest BCUT2D eigenvalue weighted by Gasteiger charge is 2.16. The minimum atomic E-state index is 0.352. The van der Waals surface area contributed by atoms with Crippen LogP contribution in [0.3, 0.4) is 0 Å². The number of fused-ring (bicyclic) bond motifs is 1. The first-order valence-electron chi connectivity index (χ1n) is 7.27. The molecule has 0 fully saturated rings. The van der Waals surface area contributed by atoms with E-state index in [0.717, 1.165) is 5.02 Å². The smallest absolute Gasteiger partial charge is 0.0578 e. The van der Waals surface area contributed by atoms with E-state index in [9.17, 15) is 0 Å². The molecule has 0 radical (unpaired) electrons. The number of nitrogens with one attached hydrogen (secondary N) is 1. The van der Waals surface area contributed by atoms with Gasteiger partial charge in [-0.2, -0.15) is 0 Å². The summed E-state index contributed by atoms with van der Waals surface area (Å²) in [6.07, 6.45) is 5.23. The quantitative estimate of drug-likeness (QED) is 0.760. The van der Waals surface area contributed by atoms with E-state index in [1.807, 2.05) is 23.5 Å². The van der Waals surface area contributed by atoms with Crippen LogP contribution in [0.2, 0.25) is 5.02 Å². The van der Waals surface area contributed by atoms with Crippen molar-refractivity contribution in [3.63, 3.8) is 0 Å². The van der Waals surface area contributed by atoms with Gasteiger partial charge >= 0.3 is 0 Å². The number of benzene rings is 1. The Morgan fingerprint density at radius 3 is 2.75 bits per heavy atom. The highest BCUT2D eigenvalue weighted by molar-refractivity contribution is 7.12. The molecule has 1 unspecified atom stereocenters. The van der Waals surface area contributed by atoms with Crippen LogP contribution in [0.25, 0.3) is 0 Å². The van der Waals surface area contributed by atoms with Crippen LogP contribution in [0.15, 0.2) is 24.3 Å². The average molecular weight is 306 g/mol. The summed E-state index contributed by atoms with van der Waals surface area (Å²) in [5, 5.41) is 4.41. The minimum absolute atomic E-state index is 0.352. The van der Waals surface area contributed by atoms with E-state index in [1.165, 1.54) is 41.8 Å². The molecule has 1 heterocycles. The molecule has 3 heteroatoms. The molecule has 0 bridgehead atoms. The average Bonchev–Trinajstić information content (AvgIpc) is 2.86. The molecule has 2 aromatic rings. The molecule has 0 amide bonds. The lowest BCUT2D eigenvalue weighted by Gasteiger charge is -2.16. The molecule has 0 saturated carbocycles. The highest BCUT2D eigenvalue weighted by atomic mass is 35.5. The van der Waals surface area contributed by atoms with Gasteiger partial charge in [0.15, 0.2) is 0 Å². The Balaban J connectivity index is 1.78. The lowest BCUT2D eigenvalue weighted by Crippen LogP contribution is -2.06. The Morgan fingerprint density at radius 1 is 1.20 bits per heavy atom. The van der Waals surface area contributed by atoms with Crippen LogP contribution in [0.1, 0.15) is 46.7 Å². The second-order valence-corrected chi connectivity index (χ2v) is 7.23. The van der Waals surface area contributed by atoms with Crippen molar-refractivity contribution in [3.8, 4) is 0 Å². The zero-order chi connectivity index (χ0) is 14.1. The summed E-state index contributed by atoms with van der Waals surface area (Å²) in [7, 11) is 0. The first kappa shape index (κ1) is 14.0. The number of hydrogen-bond donors (Lipinski definition) is 1. The third kappa shape index (κ3) is 2.87. The second kappa shape index (κ2) is 5.79. The summed E-state index contributed by atoms with van der Waals surface area (Å²) in [6, 6.07) is 8.79. The number of rotatable bonds is 3. The first-order valence-corrected chi connectivity index (χ1v) is 8.47. The van der Waals surface area contributed by atoms with E-state index in [-0.39, 0.29) is 0 Å². The number of anilines is 1. The van der Waals surface area contributed by atoms with Gasteiger partial charge in [-0.3, -0.25) is 0 Å². The van der Waals surface area contributed by atoms with Gasteiger partial charge < -0.3 is 5.32 Å². The number of halogens is 1. The molecule has 1 N–H and O–H groups in total. The van der Waals surface area contributed by atoms with Gasteiger partial charge in [-0.05, 0) is 74.9 Å². The topological polar surface area (TPSA) is 12.0 Å². The number of hydrogen-bond acceptors (Lipinski definition) is 2. The lowest BCUT2D eigenvalue weighted by atomic mass is 9.99. The monoisotopic (exact) mass is 305 g/mol. The van der Waals surface area contributed by atoms with E-state index in [0.29, 0.717) is 6.04 Å². The molecule has 106 valence electrons. The molecule has 3 rings (SSSR count). The molecule has 1 atom stereocenters. The van der Waals surface area contributed by atoms with Crippen LogP contribution in [-0.2, 0) is 12.8 Å². The maximum Gasteiger partial charge on any atom is 0.0578 e. The Hall–Kier alpha value is -0.990. The van der Waals surface area contributed by atoms with Gasteiger partial charge in [0.25, 0.3) is 0 Å². The van der Waals surface area contributed by atoms with Gasteiger partial charge in [-0.25, -0.2) is 0 Å². The molecule has 1 aliphatic carbocycles. The molecule has 1 nitrogen and oxygen atoms in total. The van der Waals surface area contributed by atoms with Crippen molar-refractivity contribution in [2.24, 2.45) is 0 Å². The summed E-state index contributed by atoms with van der Waals surface area (Å²) in [6.45, 7) is 4.34. The van der Waals surface area contributed by atoms with Gasteiger partial charge in [0.1, 0.15) is 0 Å². The molecule has 20 heavy (non-hydrogen) atoms. The van der Waals surface area contributed by atoms with E-state index in [2.05, 4.69) is 31.3 Å². The van der Waals surface area contributed by atoms with Crippen LogP contribution in [-0.4, -0.2) is 0 Å². The fourth-order valence-electron chi connectivity index (χ4n) is 2.82.